The number of nitrogens with zero attached hydrogens (tertiary/aromatic N) is 1. The van der Waals surface area contributed by atoms with E-state index in [2.05, 4.69) is 0 Å². The molecule has 1 atom stereocenters. The largest absolute Gasteiger partial charge is 0.481 e. The Balaban J connectivity index is 1.84. The Morgan fingerprint density at radius 1 is 1.10 bits per heavy atom. The van der Waals surface area contributed by atoms with Gasteiger partial charge in [0.15, 0.2) is 11.0 Å². The minimum Gasteiger partial charge on any atom is -0.481 e. The molecule has 4 rings (SSSR count). The van der Waals surface area contributed by atoms with Crippen molar-refractivity contribution in [2.24, 2.45) is 5.41 Å². The van der Waals surface area contributed by atoms with Crippen molar-refractivity contribution in [3.8, 4) is 11.3 Å². The molecule has 1 amide bonds. The highest BCUT2D eigenvalue weighted by molar-refractivity contribution is 6.05. The van der Waals surface area contributed by atoms with Crippen molar-refractivity contribution in [2.75, 3.05) is 13.1 Å². The summed E-state index contributed by atoms with van der Waals surface area (Å²) < 4.78 is 6.11. The van der Waals surface area contributed by atoms with E-state index >= 15 is 0 Å². The minimum atomic E-state index is -0.965. The van der Waals surface area contributed by atoms with Crippen molar-refractivity contribution in [3.05, 3.63) is 69.9 Å². The fourth-order valence-corrected chi connectivity index (χ4v) is 3.82. The molecule has 2 aromatic carbocycles. The summed E-state index contributed by atoms with van der Waals surface area (Å²) in [5.41, 5.74) is 0.588. The summed E-state index contributed by atoms with van der Waals surface area (Å²) in [7, 11) is 0. The van der Waals surface area contributed by atoms with Crippen LogP contribution in [0.3, 0.4) is 0 Å². The smallest absolute Gasteiger partial charge is 0.311 e. The highest BCUT2D eigenvalue weighted by Gasteiger charge is 2.42. The van der Waals surface area contributed by atoms with Crippen LogP contribution in [0.4, 0.5) is 0 Å². The number of amides is 1. The Labute approximate surface area is 167 Å². The number of carbonyl (C=O) groups excluding carboxylic acids is 1. The molecule has 0 saturated carbocycles. The maximum absolute atomic E-state index is 13.2. The minimum absolute atomic E-state index is 0.124. The van der Waals surface area contributed by atoms with Gasteiger partial charge >= 0.3 is 5.97 Å². The molecule has 1 aliphatic heterocycles. The van der Waals surface area contributed by atoms with E-state index in [0.717, 1.165) is 5.56 Å². The number of carboxylic acids is 1. The van der Waals surface area contributed by atoms with Gasteiger partial charge in [-0.3, -0.25) is 14.4 Å². The standard InChI is InChI=1S/C23H21NO5/c1-14-18(25)16-9-6-10-17(20(16)29-19(14)15-7-4-3-5-8-15)21(26)24-12-11-23(2,13-24)22(27)28/h3-10H,11-13H2,1-2H3,(H,27,28). The number of fused-ring (bicyclic) bond motifs is 1. The summed E-state index contributed by atoms with van der Waals surface area (Å²) in [6, 6.07) is 14.2. The third-order valence-corrected chi connectivity index (χ3v) is 5.69. The van der Waals surface area contributed by atoms with Crippen LogP contribution in [0.1, 0.15) is 29.3 Å². The van der Waals surface area contributed by atoms with Crippen molar-refractivity contribution >= 4 is 22.8 Å². The van der Waals surface area contributed by atoms with E-state index in [-0.39, 0.29) is 29.0 Å². The van der Waals surface area contributed by atoms with Crippen LogP contribution in [0.25, 0.3) is 22.3 Å². The van der Waals surface area contributed by atoms with Gasteiger partial charge in [-0.1, -0.05) is 36.4 Å². The molecule has 6 heteroatoms. The van der Waals surface area contributed by atoms with Crippen LogP contribution in [-0.2, 0) is 4.79 Å². The first kappa shape index (κ1) is 18.9. The highest BCUT2D eigenvalue weighted by atomic mass is 16.4. The molecule has 0 spiro atoms. The molecule has 148 valence electrons. The van der Waals surface area contributed by atoms with Crippen molar-refractivity contribution < 1.29 is 19.1 Å². The number of para-hydroxylation sites is 1. The van der Waals surface area contributed by atoms with E-state index in [9.17, 15) is 19.5 Å². The fraction of sp³-hybridized carbons (Fsp3) is 0.261. The summed E-state index contributed by atoms with van der Waals surface area (Å²) >= 11 is 0. The number of hydrogen-bond acceptors (Lipinski definition) is 4. The summed E-state index contributed by atoms with van der Waals surface area (Å²) in [6.45, 7) is 3.82. The molecule has 1 fully saturated rings. The zero-order valence-corrected chi connectivity index (χ0v) is 16.3. The van der Waals surface area contributed by atoms with Gasteiger partial charge in [-0.25, -0.2) is 0 Å². The highest BCUT2D eigenvalue weighted by Crippen LogP contribution is 2.33. The zero-order chi connectivity index (χ0) is 20.8. The van der Waals surface area contributed by atoms with Gasteiger partial charge in [0.2, 0.25) is 0 Å². The number of carbonyl (C=O) groups is 2. The van der Waals surface area contributed by atoms with Crippen molar-refractivity contribution in [3.63, 3.8) is 0 Å². The fourth-order valence-electron chi connectivity index (χ4n) is 3.82. The molecule has 2 heterocycles. The molecule has 1 N–H and O–H groups in total. The average Bonchev–Trinajstić information content (AvgIpc) is 3.14. The Bertz CT molecular complexity index is 1180. The molecule has 6 nitrogen and oxygen atoms in total. The Morgan fingerprint density at radius 2 is 1.83 bits per heavy atom. The van der Waals surface area contributed by atoms with Crippen molar-refractivity contribution in [1.29, 1.82) is 0 Å². The monoisotopic (exact) mass is 391 g/mol. The van der Waals surface area contributed by atoms with Crippen LogP contribution < -0.4 is 5.43 Å². The first-order valence-electron chi connectivity index (χ1n) is 9.46. The van der Waals surface area contributed by atoms with E-state index in [0.29, 0.717) is 29.7 Å². The van der Waals surface area contributed by atoms with Crippen molar-refractivity contribution in [1.82, 2.24) is 4.90 Å². The molecule has 1 unspecified atom stereocenters. The van der Waals surface area contributed by atoms with Crippen LogP contribution in [0.5, 0.6) is 0 Å². The molecule has 1 saturated heterocycles. The average molecular weight is 391 g/mol. The third kappa shape index (κ3) is 3.10. The van der Waals surface area contributed by atoms with E-state index < -0.39 is 11.4 Å². The lowest BCUT2D eigenvalue weighted by Crippen LogP contribution is -2.35. The lowest BCUT2D eigenvalue weighted by molar-refractivity contribution is -0.147. The number of aliphatic carboxylic acids is 1. The topological polar surface area (TPSA) is 87.8 Å². The zero-order valence-electron chi connectivity index (χ0n) is 16.3. The predicted molar refractivity (Wildman–Crippen MR) is 109 cm³/mol. The molecule has 1 aromatic heterocycles. The maximum Gasteiger partial charge on any atom is 0.311 e. The molecule has 29 heavy (non-hydrogen) atoms. The van der Waals surface area contributed by atoms with Crippen LogP contribution in [0, 0.1) is 12.3 Å². The Kier molecular flexibility index (Phi) is 4.49. The van der Waals surface area contributed by atoms with Gasteiger partial charge in [0.05, 0.1) is 16.4 Å². The van der Waals surface area contributed by atoms with E-state index in [1.807, 2.05) is 30.3 Å². The van der Waals surface area contributed by atoms with E-state index in [4.69, 9.17) is 4.42 Å². The summed E-state index contributed by atoms with van der Waals surface area (Å²) in [4.78, 5) is 39.2. The number of likely N-dealkylation sites (tertiary alicyclic amines) is 1. The van der Waals surface area contributed by atoms with Gasteiger partial charge in [-0.15, -0.1) is 0 Å². The number of rotatable bonds is 3. The van der Waals surface area contributed by atoms with E-state index in [1.54, 1.807) is 32.0 Å². The van der Waals surface area contributed by atoms with E-state index in [1.165, 1.54) is 4.90 Å². The molecule has 1 aliphatic rings. The summed E-state index contributed by atoms with van der Waals surface area (Å²) in [5.74, 6) is -0.814. The Morgan fingerprint density at radius 3 is 2.48 bits per heavy atom. The SMILES string of the molecule is Cc1c(-c2ccccc2)oc2c(C(=O)N3CCC(C)(C(=O)O)C3)cccc2c1=O. The van der Waals surface area contributed by atoms with Crippen LogP contribution in [0.15, 0.2) is 57.7 Å². The van der Waals surface area contributed by atoms with Gasteiger partial charge in [0.25, 0.3) is 5.91 Å². The predicted octanol–water partition coefficient (Wildman–Crippen LogP) is 3.71. The van der Waals surface area contributed by atoms with Crippen LogP contribution >= 0.6 is 0 Å². The number of benzene rings is 2. The van der Waals surface area contributed by atoms with Gasteiger partial charge in [-0.05, 0) is 32.4 Å². The number of hydrogen-bond donors (Lipinski definition) is 1. The summed E-state index contributed by atoms with van der Waals surface area (Å²) in [6.07, 6.45) is 0.386. The quantitative estimate of drug-likeness (QED) is 0.735. The molecule has 3 aromatic rings. The lowest BCUT2D eigenvalue weighted by Gasteiger charge is -2.20. The Hall–Kier alpha value is -3.41. The van der Waals surface area contributed by atoms with Crippen LogP contribution in [-0.4, -0.2) is 35.0 Å². The van der Waals surface area contributed by atoms with Crippen molar-refractivity contribution in [2.45, 2.75) is 20.3 Å². The second kappa shape index (κ2) is 6.88. The second-order valence-electron chi connectivity index (χ2n) is 7.78. The normalized spacial score (nSPS) is 18.9. The third-order valence-electron chi connectivity index (χ3n) is 5.69. The van der Waals surface area contributed by atoms with Gasteiger partial charge in [0, 0.05) is 24.2 Å². The maximum atomic E-state index is 13.2. The molecule has 0 radical (unpaired) electrons. The van der Waals surface area contributed by atoms with Crippen LogP contribution in [0.2, 0.25) is 0 Å². The molecular weight excluding hydrogens is 370 g/mol. The molecule has 0 aliphatic carbocycles. The first-order valence-corrected chi connectivity index (χ1v) is 9.46. The summed E-state index contributed by atoms with van der Waals surface area (Å²) in [5, 5.41) is 9.79. The lowest BCUT2D eigenvalue weighted by atomic mass is 9.90. The van der Waals surface area contributed by atoms with Gasteiger partial charge in [-0.2, -0.15) is 0 Å². The number of carboxylic acid groups (broad SMARTS) is 1. The molecule has 0 bridgehead atoms. The van der Waals surface area contributed by atoms with Gasteiger partial charge in [0.1, 0.15) is 5.76 Å². The second-order valence-corrected chi connectivity index (χ2v) is 7.78. The molecular formula is C23H21NO5. The van der Waals surface area contributed by atoms with Gasteiger partial charge < -0.3 is 14.4 Å². The first-order chi connectivity index (χ1) is 13.8.